The summed E-state index contributed by atoms with van der Waals surface area (Å²) in [6.45, 7) is 16.0. The Morgan fingerprint density at radius 2 is 1.64 bits per heavy atom. The Labute approximate surface area is 136 Å². The van der Waals surface area contributed by atoms with Gasteiger partial charge in [-0.3, -0.25) is 9.80 Å². The number of ether oxygens (including phenoxy) is 1. The molecule has 1 fully saturated rings. The zero-order valence-electron chi connectivity index (χ0n) is 14.9. The standard InChI is InChI=1S/C18H31BN2O/c1-18(2,15-22-5)21-12-10-20(11-13-21)14-16-6-8-17(9-7-16)19(3)4/h6-9H,10-15H2,1-5H3. The Morgan fingerprint density at radius 3 is 2.14 bits per heavy atom. The van der Waals surface area contributed by atoms with Crippen molar-refractivity contribution in [3.63, 3.8) is 0 Å². The predicted octanol–water partition coefficient (Wildman–Crippen LogP) is 2.19. The molecule has 122 valence electrons. The van der Waals surface area contributed by atoms with Crippen molar-refractivity contribution < 1.29 is 4.74 Å². The van der Waals surface area contributed by atoms with E-state index >= 15 is 0 Å². The van der Waals surface area contributed by atoms with E-state index in [0.717, 1.165) is 39.3 Å². The van der Waals surface area contributed by atoms with Crippen LogP contribution in [0, 0.1) is 0 Å². The van der Waals surface area contributed by atoms with Crippen LogP contribution in [0.15, 0.2) is 24.3 Å². The lowest BCUT2D eigenvalue weighted by Crippen LogP contribution is -2.56. The molecule has 1 heterocycles. The van der Waals surface area contributed by atoms with E-state index in [9.17, 15) is 0 Å². The smallest absolute Gasteiger partial charge is 0.169 e. The molecule has 2 rings (SSSR count). The normalized spacial score (nSPS) is 17.7. The molecule has 0 bridgehead atoms. The summed E-state index contributed by atoms with van der Waals surface area (Å²) in [5.41, 5.74) is 2.99. The van der Waals surface area contributed by atoms with Crippen molar-refractivity contribution in [3.8, 4) is 0 Å². The number of nitrogens with zero attached hydrogens (tertiary/aromatic N) is 2. The number of rotatable bonds is 6. The van der Waals surface area contributed by atoms with Crippen molar-refractivity contribution in [2.75, 3.05) is 39.9 Å². The molecule has 0 radical (unpaired) electrons. The van der Waals surface area contributed by atoms with Gasteiger partial charge in [-0.25, -0.2) is 0 Å². The number of hydrogen-bond acceptors (Lipinski definition) is 3. The number of benzene rings is 1. The highest BCUT2D eigenvalue weighted by atomic mass is 16.5. The van der Waals surface area contributed by atoms with Crippen LogP contribution in [-0.4, -0.2) is 61.9 Å². The van der Waals surface area contributed by atoms with E-state index in [4.69, 9.17) is 4.74 Å². The third-order valence-electron chi connectivity index (χ3n) is 4.78. The molecule has 0 spiro atoms. The van der Waals surface area contributed by atoms with E-state index in [1.54, 1.807) is 7.11 Å². The Balaban J connectivity index is 1.84. The molecule has 1 aliphatic rings. The van der Waals surface area contributed by atoms with Gasteiger partial charge in [0.15, 0.2) is 6.71 Å². The lowest BCUT2D eigenvalue weighted by molar-refractivity contribution is 0.000753. The highest BCUT2D eigenvalue weighted by molar-refractivity contribution is 6.70. The third kappa shape index (κ3) is 4.58. The maximum absolute atomic E-state index is 5.36. The van der Waals surface area contributed by atoms with Crippen LogP contribution in [0.1, 0.15) is 19.4 Å². The highest BCUT2D eigenvalue weighted by Gasteiger charge is 2.29. The van der Waals surface area contributed by atoms with Gasteiger partial charge in [-0.2, -0.15) is 0 Å². The van der Waals surface area contributed by atoms with Gasteiger partial charge in [0, 0.05) is 45.4 Å². The SMILES string of the molecule is COCC(C)(C)N1CCN(Cc2ccc(B(C)C)cc2)CC1. The fourth-order valence-corrected chi connectivity index (χ4v) is 3.22. The summed E-state index contributed by atoms with van der Waals surface area (Å²) < 4.78 is 5.36. The lowest BCUT2D eigenvalue weighted by atomic mass is 9.49. The number of piperazine rings is 1. The van der Waals surface area contributed by atoms with Gasteiger partial charge in [-0.1, -0.05) is 43.4 Å². The third-order valence-corrected chi connectivity index (χ3v) is 4.78. The van der Waals surface area contributed by atoms with Gasteiger partial charge < -0.3 is 4.74 Å². The minimum Gasteiger partial charge on any atom is -0.383 e. The van der Waals surface area contributed by atoms with Crippen molar-refractivity contribution in [1.82, 2.24) is 9.80 Å². The van der Waals surface area contributed by atoms with Crippen LogP contribution in [0.5, 0.6) is 0 Å². The van der Waals surface area contributed by atoms with Crippen LogP contribution >= 0.6 is 0 Å². The van der Waals surface area contributed by atoms with E-state index in [-0.39, 0.29) is 5.54 Å². The molecule has 0 atom stereocenters. The summed E-state index contributed by atoms with van der Waals surface area (Å²) in [5, 5.41) is 0. The van der Waals surface area contributed by atoms with Crippen molar-refractivity contribution in [2.24, 2.45) is 0 Å². The van der Waals surface area contributed by atoms with Crippen LogP contribution in [0.4, 0.5) is 0 Å². The lowest BCUT2D eigenvalue weighted by Gasteiger charge is -2.43. The fourth-order valence-electron chi connectivity index (χ4n) is 3.22. The summed E-state index contributed by atoms with van der Waals surface area (Å²) in [4.78, 5) is 5.11. The Bertz CT molecular complexity index is 451. The first-order chi connectivity index (χ1) is 10.4. The summed E-state index contributed by atoms with van der Waals surface area (Å²) in [5.74, 6) is 0. The molecule has 0 N–H and O–H groups in total. The molecular formula is C18H31BN2O. The van der Waals surface area contributed by atoms with Crippen molar-refractivity contribution in [3.05, 3.63) is 29.8 Å². The first-order valence-corrected chi connectivity index (χ1v) is 8.47. The average Bonchev–Trinajstić information content (AvgIpc) is 2.48. The molecule has 0 aromatic heterocycles. The summed E-state index contributed by atoms with van der Waals surface area (Å²) >= 11 is 0. The maximum Gasteiger partial charge on any atom is 0.169 e. The molecule has 4 heteroatoms. The zero-order chi connectivity index (χ0) is 16.2. The molecule has 0 unspecified atom stereocenters. The molecule has 0 amide bonds. The molecule has 1 aromatic rings. The van der Waals surface area contributed by atoms with Gasteiger partial charge in [0.2, 0.25) is 0 Å². The molecule has 1 saturated heterocycles. The highest BCUT2D eigenvalue weighted by Crippen LogP contribution is 2.18. The minimum absolute atomic E-state index is 0.139. The van der Waals surface area contributed by atoms with Crippen LogP contribution in [-0.2, 0) is 11.3 Å². The Kier molecular flexibility index (Phi) is 6.07. The summed E-state index contributed by atoms with van der Waals surface area (Å²) in [7, 11) is 1.79. The second kappa shape index (κ2) is 7.63. The quantitative estimate of drug-likeness (QED) is 0.749. The van der Waals surface area contributed by atoms with Crippen LogP contribution in [0.2, 0.25) is 13.6 Å². The molecule has 1 aromatic carbocycles. The monoisotopic (exact) mass is 302 g/mol. The van der Waals surface area contributed by atoms with Gasteiger partial charge >= 0.3 is 0 Å². The maximum atomic E-state index is 5.36. The van der Waals surface area contributed by atoms with Crippen molar-refractivity contribution in [2.45, 2.75) is 39.6 Å². The molecular weight excluding hydrogens is 271 g/mol. The second-order valence-electron chi connectivity index (χ2n) is 7.40. The van der Waals surface area contributed by atoms with E-state index in [2.05, 4.69) is 61.6 Å². The number of methoxy groups -OCH3 is 1. The van der Waals surface area contributed by atoms with Crippen LogP contribution in [0.25, 0.3) is 0 Å². The van der Waals surface area contributed by atoms with Gasteiger partial charge in [-0.15, -0.1) is 0 Å². The van der Waals surface area contributed by atoms with Gasteiger partial charge in [0.05, 0.1) is 6.61 Å². The van der Waals surface area contributed by atoms with Gasteiger partial charge in [0.1, 0.15) is 0 Å². The van der Waals surface area contributed by atoms with Gasteiger partial charge in [-0.05, 0) is 19.4 Å². The van der Waals surface area contributed by atoms with E-state index < -0.39 is 0 Å². The Hall–Kier alpha value is -0.835. The predicted molar refractivity (Wildman–Crippen MR) is 96.4 cm³/mol. The fraction of sp³-hybridized carbons (Fsp3) is 0.667. The molecule has 22 heavy (non-hydrogen) atoms. The van der Waals surface area contributed by atoms with Crippen LogP contribution in [0.3, 0.4) is 0 Å². The average molecular weight is 302 g/mol. The minimum atomic E-state index is 0.139. The number of hydrogen-bond donors (Lipinski definition) is 0. The first-order valence-electron chi connectivity index (χ1n) is 8.47. The van der Waals surface area contributed by atoms with E-state index in [1.807, 2.05) is 0 Å². The molecule has 3 nitrogen and oxygen atoms in total. The van der Waals surface area contributed by atoms with Crippen molar-refractivity contribution in [1.29, 1.82) is 0 Å². The zero-order valence-corrected chi connectivity index (χ0v) is 14.9. The molecule has 0 saturated carbocycles. The van der Waals surface area contributed by atoms with E-state index in [1.165, 1.54) is 11.0 Å². The summed E-state index contributed by atoms with van der Waals surface area (Å²) in [6, 6.07) is 9.13. The van der Waals surface area contributed by atoms with E-state index in [0.29, 0.717) is 6.71 Å². The topological polar surface area (TPSA) is 15.7 Å². The first kappa shape index (κ1) is 17.5. The van der Waals surface area contributed by atoms with Gasteiger partial charge in [0.25, 0.3) is 0 Å². The summed E-state index contributed by atoms with van der Waals surface area (Å²) in [6.07, 6.45) is 0. The molecule has 0 aliphatic carbocycles. The van der Waals surface area contributed by atoms with Crippen molar-refractivity contribution >= 4 is 12.2 Å². The van der Waals surface area contributed by atoms with Crippen LogP contribution < -0.4 is 5.46 Å². The largest absolute Gasteiger partial charge is 0.383 e. The second-order valence-corrected chi connectivity index (χ2v) is 7.40. The molecule has 1 aliphatic heterocycles. The Morgan fingerprint density at radius 1 is 1.05 bits per heavy atom.